The molecule has 1 amide bonds. The first-order valence-electron chi connectivity index (χ1n) is 11.4. The highest BCUT2D eigenvalue weighted by atomic mass is 19.1. The van der Waals surface area contributed by atoms with Crippen LogP contribution in [0, 0.1) is 17.1 Å². The normalized spacial score (nSPS) is 15.1. The van der Waals surface area contributed by atoms with Crippen molar-refractivity contribution in [1.82, 2.24) is 9.80 Å². The number of rotatable bonds is 7. The van der Waals surface area contributed by atoms with Crippen molar-refractivity contribution in [2.75, 3.05) is 34.4 Å². The van der Waals surface area contributed by atoms with Gasteiger partial charge < -0.3 is 14.4 Å². The van der Waals surface area contributed by atoms with Gasteiger partial charge in [-0.1, -0.05) is 30.3 Å². The lowest BCUT2D eigenvalue weighted by molar-refractivity contribution is -0.132. The third-order valence-electron chi connectivity index (χ3n) is 6.44. The minimum Gasteiger partial charge on any atom is -0.493 e. The van der Waals surface area contributed by atoms with Gasteiger partial charge in [0, 0.05) is 25.7 Å². The summed E-state index contributed by atoms with van der Waals surface area (Å²) in [6, 6.07) is 20.1. The largest absolute Gasteiger partial charge is 0.493 e. The molecule has 180 valence electrons. The first kappa shape index (κ1) is 24.2. The lowest BCUT2D eigenvalue weighted by Gasteiger charge is -2.38. The average molecular weight is 474 g/mol. The van der Waals surface area contributed by atoms with Crippen molar-refractivity contribution < 1.29 is 18.7 Å². The molecule has 7 heteroatoms. The Balaban J connectivity index is 1.61. The molecule has 0 aromatic heterocycles. The van der Waals surface area contributed by atoms with Crippen LogP contribution in [-0.2, 0) is 17.8 Å². The number of nitrogens with zero attached hydrogens (tertiary/aromatic N) is 3. The Morgan fingerprint density at radius 3 is 2.51 bits per heavy atom. The molecule has 0 saturated carbocycles. The van der Waals surface area contributed by atoms with E-state index in [4.69, 9.17) is 14.7 Å². The number of methoxy groups -OCH3 is 2. The zero-order valence-electron chi connectivity index (χ0n) is 20.1. The molecular weight excluding hydrogens is 445 g/mol. The van der Waals surface area contributed by atoms with Crippen molar-refractivity contribution in [3.8, 4) is 17.6 Å². The Morgan fingerprint density at radius 2 is 1.83 bits per heavy atom. The van der Waals surface area contributed by atoms with E-state index in [2.05, 4.69) is 17.0 Å². The van der Waals surface area contributed by atoms with Gasteiger partial charge in [-0.15, -0.1) is 0 Å². The number of fused-ring (bicyclic) bond motifs is 1. The maximum absolute atomic E-state index is 14.3. The molecule has 1 heterocycles. The molecular formula is C28H28FN3O3. The molecule has 0 radical (unpaired) electrons. The second-order valence-corrected chi connectivity index (χ2v) is 8.61. The summed E-state index contributed by atoms with van der Waals surface area (Å²) >= 11 is 0. The molecule has 1 aliphatic heterocycles. The molecule has 35 heavy (non-hydrogen) atoms. The van der Waals surface area contributed by atoms with Crippen LogP contribution >= 0.6 is 0 Å². The molecule has 0 N–H and O–H groups in total. The van der Waals surface area contributed by atoms with Gasteiger partial charge in [0.1, 0.15) is 5.82 Å². The lowest BCUT2D eigenvalue weighted by atomic mass is 9.87. The van der Waals surface area contributed by atoms with Crippen molar-refractivity contribution in [3.05, 3.63) is 94.3 Å². The second-order valence-electron chi connectivity index (χ2n) is 8.61. The van der Waals surface area contributed by atoms with E-state index in [1.165, 1.54) is 23.1 Å². The SMILES string of the molecule is COc1cc2c(cc1OC)C(c1ccccc1)N(CC(=O)N(C)Cc1cc(C#N)ccc1F)CC2. The van der Waals surface area contributed by atoms with E-state index in [0.717, 1.165) is 23.1 Å². The Kier molecular flexibility index (Phi) is 7.33. The molecule has 0 bridgehead atoms. The summed E-state index contributed by atoms with van der Waals surface area (Å²) in [6.45, 7) is 0.939. The van der Waals surface area contributed by atoms with Gasteiger partial charge in [-0.05, 0) is 53.4 Å². The van der Waals surface area contributed by atoms with E-state index in [9.17, 15) is 9.18 Å². The second kappa shape index (κ2) is 10.6. The summed E-state index contributed by atoms with van der Waals surface area (Å²) in [4.78, 5) is 16.9. The number of amides is 1. The van der Waals surface area contributed by atoms with Gasteiger partial charge >= 0.3 is 0 Å². The Bertz CT molecular complexity index is 1260. The number of nitriles is 1. The molecule has 3 aromatic carbocycles. The standard InChI is InChI=1S/C28H28FN3O3/c1-31(17-22-13-19(16-30)9-10-24(22)29)27(33)18-32-12-11-21-14-25(34-2)26(35-3)15-23(21)28(32)20-7-5-4-6-8-20/h4-10,13-15,28H,11-12,17-18H2,1-3H3. The van der Waals surface area contributed by atoms with Crippen LogP contribution in [0.25, 0.3) is 0 Å². The van der Waals surface area contributed by atoms with Gasteiger partial charge in [0.2, 0.25) is 5.91 Å². The van der Waals surface area contributed by atoms with Crippen LogP contribution in [0.4, 0.5) is 4.39 Å². The third kappa shape index (κ3) is 5.13. The van der Waals surface area contributed by atoms with Crippen LogP contribution in [0.15, 0.2) is 60.7 Å². The topological polar surface area (TPSA) is 65.8 Å². The fourth-order valence-electron chi connectivity index (χ4n) is 4.60. The predicted octanol–water partition coefficient (Wildman–Crippen LogP) is 4.32. The molecule has 0 spiro atoms. The van der Waals surface area contributed by atoms with Crippen LogP contribution in [-0.4, -0.2) is 50.1 Å². The van der Waals surface area contributed by atoms with Crippen LogP contribution in [0.2, 0.25) is 0 Å². The summed E-state index contributed by atoms with van der Waals surface area (Å²) < 4.78 is 25.3. The van der Waals surface area contributed by atoms with Gasteiger partial charge in [0.05, 0.1) is 38.4 Å². The minimum absolute atomic E-state index is 0.0889. The van der Waals surface area contributed by atoms with Gasteiger partial charge in [-0.25, -0.2) is 4.39 Å². The lowest BCUT2D eigenvalue weighted by Crippen LogP contribution is -2.43. The van der Waals surface area contributed by atoms with Crippen LogP contribution in [0.3, 0.4) is 0 Å². The van der Waals surface area contributed by atoms with Crippen molar-refractivity contribution in [3.63, 3.8) is 0 Å². The van der Waals surface area contributed by atoms with Crippen LogP contribution in [0.5, 0.6) is 11.5 Å². The maximum atomic E-state index is 14.3. The number of carbonyl (C=O) groups is 1. The monoisotopic (exact) mass is 473 g/mol. The van der Waals surface area contributed by atoms with Crippen LogP contribution in [0.1, 0.15) is 33.9 Å². The number of carbonyl (C=O) groups excluding carboxylic acids is 1. The summed E-state index contributed by atoms with van der Waals surface area (Å²) in [6.07, 6.45) is 0.759. The Morgan fingerprint density at radius 1 is 1.11 bits per heavy atom. The predicted molar refractivity (Wildman–Crippen MR) is 131 cm³/mol. The fraction of sp³-hybridized carbons (Fsp3) is 0.286. The molecule has 0 aliphatic carbocycles. The van der Waals surface area contributed by atoms with Gasteiger partial charge in [0.15, 0.2) is 11.5 Å². The van der Waals surface area contributed by atoms with Gasteiger partial charge in [-0.3, -0.25) is 9.69 Å². The summed E-state index contributed by atoms with van der Waals surface area (Å²) in [5, 5.41) is 9.12. The number of benzene rings is 3. The van der Waals surface area contributed by atoms with Gasteiger partial charge in [-0.2, -0.15) is 5.26 Å². The van der Waals surface area contributed by atoms with Crippen molar-refractivity contribution in [1.29, 1.82) is 5.26 Å². The molecule has 0 saturated heterocycles. The average Bonchev–Trinajstić information content (AvgIpc) is 2.89. The zero-order valence-corrected chi connectivity index (χ0v) is 20.1. The fourth-order valence-corrected chi connectivity index (χ4v) is 4.60. The molecule has 6 nitrogen and oxygen atoms in total. The first-order valence-corrected chi connectivity index (χ1v) is 11.4. The quantitative estimate of drug-likeness (QED) is 0.511. The Labute approximate surface area is 205 Å². The smallest absolute Gasteiger partial charge is 0.236 e. The molecule has 3 aromatic rings. The minimum atomic E-state index is -0.432. The molecule has 1 atom stereocenters. The third-order valence-corrected chi connectivity index (χ3v) is 6.44. The molecule has 0 fully saturated rings. The van der Waals surface area contributed by atoms with Gasteiger partial charge in [0.25, 0.3) is 0 Å². The van der Waals surface area contributed by atoms with E-state index >= 15 is 0 Å². The van der Waals surface area contributed by atoms with Crippen molar-refractivity contribution in [2.45, 2.75) is 19.0 Å². The van der Waals surface area contributed by atoms with E-state index < -0.39 is 5.82 Å². The van der Waals surface area contributed by atoms with E-state index in [0.29, 0.717) is 29.2 Å². The number of hydrogen-bond donors (Lipinski definition) is 0. The van der Waals surface area contributed by atoms with Crippen molar-refractivity contribution >= 4 is 5.91 Å². The molecule has 4 rings (SSSR count). The highest BCUT2D eigenvalue weighted by Crippen LogP contribution is 2.40. The van der Waals surface area contributed by atoms with E-state index in [1.807, 2.05) is 36.4 Å². The molecule has 1 aliphatic rings. The first-order chi connectivity index (χ1) is 16.9. The number of hydrogen-bond acceptors (Lipinski definition) is 5. The highest BCUT2D eigenvalue weighted by molar-refractivity contribution is 5.78. The molecule has 1 unspecified atom stereocenters. The summed E-state index contributed by atoms with van der Waals surface area (Å²) in [7, 11) is 4.89. The zero-order chi connectivity index (χ0) is 24.9. The summed E-state index contributed by atoms with van der Waals surface area (Å²) in [5.41, 5.74) is 3.99. The number of halogens is 1. The number of ether oxygens (including phenoxy) is 2. The Hall–Kier alpha value is -3.89. The highest BCUT2D eigenvalue weighted by Gasteiger charge is 2.32. The maximum Gasteiger partial charge on any atom is 0.236 e. The van der Waals surface area contributed by atoms with Crippen LogP contribution < -0.4 is 9.47 Å². The summed E-state index contributed by atoms with van der Waals surface area (Å²) in [5.74, 6) is 0.768. The van der Waals surface area contributed by atoms with E-state index in [1.54, 1.807) is 21.3 Å². The number of likely N-dealkylation sites (N-methyl/N-ethyl adjacent to an activating group) is 1. The van der Waals surface area contributed by atoms with E-state index in [-0.39, 0.29) is 25.0 Å². The van der Waals surface area contributed by atoms with Crippen molar-refractivity contribution in [2.24, 2.45) is 0 Å².